The van der Waals surface area contributed by atoms with Gasteiger partial charge in [0, 0.05) is 37.3 Å². The largest absolute Gasteiger partial charge is 1.00 e. The molecule has 0 spiro atoms. The predicted octanol–water partition coefficient (Wildman–Crippen LogP) is -1.42. The Balaban J connectivity index is 0.00000420. The summed E-state index contributed by atoms with van der Waals surface area (Å²) in [6.45, 7) is 0.508. The predicted molar refractivity (Wildman–Crippen MR) is 102 cm³/mol. The van der Waals surface area contributed by atoms with Gasteiger partial charge in [-0.25, -0.2) is 0 Å². The Bertz CT molecular complexity index is 750. The maximum Gasteiger partial charge on any atom is 1.00 e. The zero-order valence-corrected chi connectivity index (χ0v) is 18.4. The van der Waals surface area contributed by atoms with Crippen molar-refractivity contribution in [2.45, 2.75) is 13.1 Å². The van der Waals surface area contributed by atoms with Gasteiger partial charge in [0.05, 0.1) is 13.1 Å². The molecule has 0 aliphatic heterocycles. The molecule has 0 unspecified atom stereocenters. The van der Waals surface area contributed by atoms with Gasteiger partial charge in [-0.3, -0.25) is 19.4 Å². The maximum absolute atomic E-state index is 11.2. The van der Waals surface area contributed by atoms with Gasteiger partial charge in [-0.1, -0.05) is 36.4 Å². The first-order valence-corrected chi connectivity index (χ1v) is 8.77. The molecule has 2 rings (SSSR count). The molecule has 150 valence electrons. The average molecular weight is 411 g/mol. The van der Waals surface area contributed by atoms with Crippen molar-refractivity contribution in [1.29, 1.82) is 0 Å². The molecule has 0 bridgehead atoms. The zero-order valence-electron chi connectivity index (χ0n) is 16.4. The van der Waals surface area contributed by atoms with Gasteiger partial charge in [-0.05, 0) is 12.1 Å². The van der Waals surface area contributed by atoms with Gasteiger partial charge in [0.15, 0.2) is 0 Å². The van der Waals surface area contributed by atoms with Gasteiger partial charge in [0.1, 0.15) is 11.5 Å². The fourth-order valence-electron chi connectivity index (χ4n) is 2.86. The normalized spacial score (nSPS) is 10.7. The third-order valence-corrected chi connectivity index (χ3v) is 4.22. The monoisotopic (exact) mass is 411 g/mol. The Morgan fingerprint density at radius 1 is 0.690 bits per heavy atom. The molecule has 8 nitrogen and oxygen atoms in total. The number of carboxylic acid groups (broad SMARTS) is 2. The molecule has 0 aromatic heterocycles. The molecule has 2 aromatic carbocycles. The summed E-state index contributed by atoms with van der Waals surface area (Å²) >= 11 is 0. The quantitative estimate of drug-likeness (QED) is 0.332. The second kappa shape index (κ2) is 12.5. The van der Waals surface area contributed by atoms with Crippen LogP contribution >= 0.6 is 0 Å². The van der Waals surface area contributed by atoms with E-state index >= 15 is 0 Å². The van der Waals surface area contributed by atoms with Crippen LogP contribution in [0.15, 0.2) is 48.5 Å². The summed E-state index contributed by atoms with van der Waals surface area (Å²) in [5, 5.41) is 38.2. The van der Waals surface area contributed by atoms with Crippen LogP contribution in [-0.4, -0.2) is 68.3 Å². The SMILES string of the molecule is O=C(O)CN(CCN(CC(=O)O)Cc1ccccc1O)Cc1ccccc1O.[Na+]. The number of para-hydroxylation sites is 2. The van der Waals surface area contributed by atoms with Crippen LogP contribution in [0.1, 0.15) is 11.1 Å². The van der Waals surface area contributed by atoms with Gasteiger partial charge in [-0.15, -0.1) is 0 Å². The molecule has 4 N–H and O–H groups in total. The van der Waals surface area contributed by atoms with E-state index in [9.17, 15) is 19.8 Å². The maximum atomic E-state index is 11.2. The number of hydrogen-bond donors (Lipinski definition) is 4. The zero-order chi connectivity index (χ0) is 20.5. The Morgan fingerprint density at radius 2 is 1.03 bits per heavy atom. The van der Waals surface area contributed by atoms with E-state index in [4.69, 9.17) is 10.2 Å². The van der Waals surface area contributed by atoms with Crippen molar-refractivity contribution in [3.05, 3.63) is 59.7 Å². The summed E-state index contributed by atoms with van der Waals surface area (Å²) in [6, 6.07) is 13.4. The standard InChI is InChI=1S/C20H24N2O6.Na/c23-17-7-3-1-5-15(17)11-21(13-19(25)26)9-10-22(14-20(27)28)12-16-6-2-4-8-18(16)24;/h1-8,23-24H,9-14H2,(H,25,26)(H,27,28);/q;+1. The summed E-state index contributed by atoms with van der Waals surface area (Å²) in [4.78, 5) is 25.6. The molecule has 0 atom stereocenters. The Kier molecular flexibility index (Phi) is 10.7. The van der Waals surface area contributed by atoms with Crippen LogP contribution in [0.2, 0.25) is 0 Å². The van der Waals surface area contributed by atoms with Crippen molar-refractivity contribution in [2.75, 3.05) is 26.2 Å². The van der Waals surface area contributed by atoms with Crippen LogP contribution in [0.5, 0.6) is 11.5 Å². The number of nitrogens with zero attached hydrogens (tertiary/aromatic N) is 2. The van der Waals surface area contributed by atoms with E-state index in [1.807, 2.05) is 0 Å². The number of aliphatic carboxylic acids is 2. The minimum absolute atomic E-state index is 0. The first kappa shape index (κ1) is 24.9. The van der Waals surface area contributed by atoms with Crippen molar-refractivity contribution >= 4 is 11.9 Å². The number of benzene rings is 2. The minimum atomic E-state index is -1.01. The molecule has 0 fully saturated rings. The van der Waals surface area contributed by atoms with E-state index in [-0.39, 0.29) is 80.3 Å². The Hall–Kier alpha value is -2.10. The Labute approximate surface area is 191 Å². The van der Waals surface area contributed by atoms with Crippen LogP contribution in [-0.2, 0) is 22.7 Å². The van der Waals surface area contributed by atoms with Crippen LogP contribution < -0.4 is 29.6 Å². The second-order valence-corrected chi connectivity index (χ2v) is 6.47. The van der Waals surface area contributed by atoms with Crippen molar-refractivity contribution < 1.29 is 59.6 Å². The molecule has 0 heterocycles. The second-order valence-electron chi connectivity index (χ2n) is 6.47. The minimum Gasteiger partial charge on any atom is -0.508 e. The molecule has 0 aliphatic carbocycles. The van der Waals surface area contributed by atoms with Crippen LogP contribution in [0.3, 0.4) is 0 Å². The molecule has 9 heteroatoms. The number of carbonyl (C=O) groups is 2. The molecular weight excluding hydrogens is 387 g/mol. The molecule has 29 heavy (non-hydrogen) atoms. The Morgan fingerprint density at radius 3 is 1.34 bits per heavy atom. The number of hydrogen-bond acceptors (Lipinski definition) is 6. The third-order valence-electron chi connectivity index (χ3n) is 4.22. The van der Waals surface area contributed by atoms with Crippen molar-refractivity contribution in [3.63, 3.8) is 0 Å². The van der Waals surface area contributed by atoms with E-state index in [2.05, 4.69) is 0 Å². The first-order chi connectivity index (χ1) is 13.3. The topological polar surface area (TPSA) is 122 Å². The number of phenolic OH excluding ortho intramolecular Hbond substituents is 2. The molecule has 0 saturated heterocycles. The summed E-state index contributed by atoms with van der Waals surface area (Å²) in [5.41, 5.74) is 1.18. The fourth-order valence-corrected chi connectivity index (χ4v) is 2.86. The van der Waals surface area contributed by atoms with Crippen LogP contribution in [0.4, 0.5) is 0 Å². The summed E-state index contributed by atoms with van der Waals surface area (Å²) < 4.78 is 0. The molecule has 0 aliphatic rings. The van der Waals surface area contributed by atoms with E-state index in [1.165, 1.54) is 12.1 Å². The van der Waals surface area contributed by atoms with E-state index in [0.717, 1.165) is 0 Å². The van der Waals surface area contributed by atoms with Crippen molar-refractivity contribution in [2.24, 2.45) is 0 Å². The molecule has 0 radical (unpaired) electrons. The van der Waals surface area contributed by atoms with Gasteiger partial charge in [-0.2, -0.15) is 0 Å². The van der Waals surface area contributed by atoms with Gasteiger partial charge >= 0.3 is 41.5 Å². The summed E-state index contributed by atoms with van der Waals surface area (Å²) in [6.07, 6.45) is 0. The molecule has 0 saturated carbocycles. The average Bonchev–Trinajstić information content (AvgIpc) is 2.62. The first-order valence-electron chi connectivity index (χ1n) is 8.77. The molecular formula is C20H24N2NaO6+. The van der Waals surface area contributed by atoms with E-state index < -0.39 is 11.9 Å². The third kappa shape index (κ3) is 8.84. The number of carboxylic acids is 2. The smallest absolute Gasteiger partial charge is 0.508 e. The summed E-state index contributed by atoms with van der Waals surface area (Å²) in [7, 11) is 0. The van der Waals surface area contributed by atoms with E-state index in [1.54, 1.807) is 46.2 Å². The molecule has 2 aromatic rings. The van der Waals surface area contributed by atoms with Crippen LogP contribution in [0.25, 0.3) is 0 Å². The molecule has 0 amide bonds. The van der Waals surface area contributed by atoms with Crippen molar-refractivity contribution in [3.8, 4) is 11.5 Å². The van der Waals surface area contributed by atoms with Crippen LogP contribution in [0, 0.1) is 0 Å². The number of aromatic hydroxyl groups is 2. The fraction of sp³-hybridized carbons (Fsp3) is 0.300. The van der Waals surface area contributed by atoms with Gasteiger partial charge < -0.3 is 20.4 Å². The number of rotatable bonds is 11. The summed E-state index contributed by atoms with van der Waals surface area (Å²) in [5.74, 6) is -1.87. The van der Waals surface area contributed by atoms with Gasteiger partial charge in [0.25, 0.3) is 0 Å². The number of phenols is 2. The van der Waals surface area contributed by atoms with Gasteiger partial charge in [0.2, 0.25) is 0 Å². The van der Waals surface area contributed by atoms with Crippen molar-refractivity contribution in [1.82, 2.24) is 9.80 Å². The van der Waals surface area contributed by atoms with E-state index in [0.29, 0.717) is 11.1 Å².